The van der Waals surface area contributed by atoms with E-state index in [4.69, 9.17) is 19.4 Å². The normalized spacial score (nSPS) is 11.0. The van der Waals surface area contributed by atoms with Gasteiger partial charge >= 0.3 is 17.9 Å². The molecule has 0 fully saturated rings. The van der Waals surface area contributed by atoms with Gasteiger partial charge in [-0.3, -0.25) is 4.79 Å². The molecule has 0 spiro atoms. The van der Waals surface area contributed by atoms with Crippen molar-refractivity contribution < 1.29 is 33.8 Å². The van der Waals surface area contributed by atoms with Crippen molar-refractivity contribution in [1.82, 2.24) is 0 Å². The SMILES string of the molecule is O=C(O)CC(OC(=O)c1ccc(NCCC#Cc2ccco2)cc1)C(=O)O. The molecule has 140 valence electrons. The molecule has 2 aromatic rings. The van der Waals surface area contributed by atoms with Crippen LogP contribution in [0, 0.1) is 11.8 Å². The maximum Gasteiger partial charge on any atom is 0.345 e. The van der Waals surface area contributed by atoms with Crippen molar-refractivity contribution in [3.05, 3.63) is 54.0 Å². The number of furan rings is 1. The number of carbonyl (C=O) groups is 3. The van der Waals surface area contributed by atoms with Crippen LogP contribution in [0.4, 0.5) is 5.69 Å². The van der Waals surface area contributed by atoms with E-state index in [-0.39, 0.29) is 5.56 Å². The fourth-order valence-corrected chi connectivity index (χ4v) is 2.03. The Balaban J connectivity index is 1.83. The van der Waals surface area contributed by atoms with Crippen molar-refractivity contribution in [2.75, 3.05) is 11.9 Å². The van der Waals surface area contributed by atoms with E-state index in [1.165, 1.54) is 12.1 Å². The average Bonchev–Trinajstić information content (AvgIpc) is 3.14. The fraction of sp³-hybridized carbons (Fsp3) is 0.211. The molecule has 1 aromatic carbocycles. The van der Waals surface area contributed by atoms with Gasteiger partial charge < -0.3 is 24.7 Å². The molecule has 0 saturated carbocycles. The van der Waals surface area contributed by atoms with Crippen LogP contribution in [0.3, 0.4) is 0 Å². The van der Waals surface area contributed by atoms with Crippen LogP contribution >= 0.6 is 0 Å². The average molecular weight is 371 g/mol. The van der Waals surface area contributed by atoms with Crippen LogP contribution < -0.4 is 5.32 Å². The van der Waals surface area contributed by atoms with Crippen molar-refractivity contribution in [3.63, 3.8) is 0 Å². The van der Waals surface area contributed by atoms with E-state index in [9.17, 15) is 14.4 Å². The van der Waals surface area contributed by atoms with Crippen LogP contribution in [0.2, 0.25) is 0 Å². The minimum Gasteiger partial charge on any atom is -0.481 e. The lowest BCUT2D eigenvalue weighted by Crippen LogP contribution is -2.29. The summed E-state index contributed by atoms with van der Waals surface area (Å²) in [7, 11) is 0. The lowest BCUT2D eigenvalue weighted by molar-refractivity contribution is -0.153. The number of carboxylic acids is 2. The predicted molar refractivity (Wildman–Crippen MR) is 94.2 cm³/mol. The number of esters is 1. The summed E-state index contributed by atoms with van der Waals surface area (Å²) >= 11 is 0. The monoisotopic (exact) mass is 371 g/mol. The van der Waals surface area contributed by atoms with E-state index in [2.05, 4.69) is 17.2 Å². The Bertz CT molecular complexity index is 844. The maximum atomic E-state index is 11.9. The second-order valence-electron chi connectivity index (χ2n) is 5.36. The van der Waals surface area contributed by atoms with Gasteiger partial charge in [-0.05, 0) is 42.3 Å². The molecule has 0 amide bonds. The first-order chi connectivity index (χ1) is 13.0. The van der Waals surface area contributed by atoms with Crippen LogP contribution in [0.25, 0.3) is 0 Å². The third-order valence-electron chi connectivity index (χ3n) is 3.32. The lowest BCUT2D eigenvalue weighted by Gasteiger charge is -2.12. The summed E-state index contributed by atoms with van der Waals surface area (Å²) in [5, 5.41) is 20.7. The van der Waals surface area contributed by atoms with E-state index in [0.717, 1.165) is 5.69 Å². The number of hydrogen-bond acceptors (Lipinski definition) is 6. The molecule has 8 heteroatoms. The van der Waals surface area contributed by atoms with Gasteiger partial charge in [0.25, 0.3) is 0 Å². The molecular formula is C19H17NO7. The van der Waals surface area contributed by atoms with E-state index in [1.807, 2.05) is 0 Å². The number of rotatable bonds is 8. The summed E-state index contributed by atoms with van der Waals surface area (Å²) in [6.45, 7) is 0.581. The number of aliphatic carboxylic acids is 2. The highest BCUT2D eigenvalue weighted by Crippen LogP contribution is 2.12. The van der Waals surface area contributed by atoms with Crippen molar-refractivity contribution in [3.8, 4) is 11.8 Å². The number of nitrogens with one attached hydrogen (secondary N) is 1. The van der Waals surface area contributed by atoms with Crippen molar-refractivity contribution in [1.29, 1.82) is 0 Å². The maximum absolute atomic E-state index is 11.9. The molecule has 1 aromatic heterocycles. The summed E-state index contributed by atoms with van der Waals surface area (Å²) in [5.41, 5.74) is 0.862. The first-order valence-electron chi connectivity index (χ1n) is 7.97. The Labute approximate surface area is 154 Å². The third-order valence-corrected chi connectivity index (χ3v) is 3.32. The van der Waals surface area contributed by atoms with Gasteiger partial charge in [-0.25, -0.2) is 9.59 Å². The van der Waals surface area contributed by atoms with Gasteiger partial charge in [-0.15, -0.1) is 0 Å². The number of anilines is 1. The van der Waals surface area contributed by atoms with Crippen LogP contribution in [-0.2, 0) is 14.3 Å². The van der Waals surface area contributed by atoms with E-state index >= 15 is 0 Å². The summed E-state index contributed by atoms with van der Waals surface area (Å²) in [5.74, 6) is 2.63. The van der Waals surface area contributed by atoms with Crippen LogP contribution in [-0.4, -0.2) is 40.8 Å². The molecule has 0 radical (unpaired) electrons. The van der Waals surface area contributed by atoms with Gasteiger partial charge in [0.05, 0.1) is 18.2 Å². The standard InChI is InChI=1S/C19H17NO7/c21-17(22)12-16(18(23)24)27-19(25)13-6-8-14(9-7-13)20-10-2-1-4-15-5-3-11-26-15/h3,5-9,11,16,20H,2,10,12H2,(H,21,22)(H,23,24). The summed E-state index contributed by atoms with van der Waals surface area (Å²) in [6, 6.07) is 9.70. The molecule has 27 heavy (non-hydrogen) atoms. The zero-order valence-electron chi connectivity index (χ0n) is 14.2. The fourth-order valence-electron chi connectivity index (χ4n) is 2.03. The predicted octanol–water partition coefficient (Wildman–Crippen LogP) is 2.22. The van der Waals surface area contributed by atoms with E-state index < -0.39 is 30.4 Å². The van der Waals surface area contributed by atoms with Crippen LogP contribution in [0.5, 0.6) is 0 Å². The number of ether oxygens (including phenoxy) is 1. The van der Waals surface area contributed by atoms with Crippen molar-refractivity contribution >= 4 is 23.6 Å². The molecule has 0 aliphatic rings. The van der Waals surface area contributed by atoms with Gasteiger partial charge in [0, 0.05) is 18.7 Å². The Morgan fingerprint density at radius 3 is 2.48 bits per heavy atom. The Hall–Kier alpha value is -3.73. The Kier molecular flexibility index (Phi) is 7.02. The topological polar surface area (TPSA) is 126 Å². The number of benzene rings is 1. The smallest absolute Gasteiger partial charge is 0.345 e. The summed E-state index contributed by atoms with van der Waals surface area (Å²) < 4.78 is 9.82. The number of carbonyl (C=O) groups excluding carboxylic acids is 1. The highest BCUT2D eigenvalue weighted by Gasteiger charge is 2.25. The van der Waals surface area contributed by atoms with Gasteiger partial charge in [0.15, 0.2) is 5.76 Å². The minimum absolute atomic E-state index is 0.120. The quantitative estimate of drug-likeness (QED) is 0.366. The molecule has 1 unspecified atom stereocenters. The highest BCUT2D eigenvalue weighted by molar-refractivity contribution is 5.92. The molecule has 0 bridgehead atoms. The van der Waals surface area contributed by atoms with Gasteiger partial charge in [0.2, 0.25) is 6.10 Å². The minimum atomic E-state index is -1.74. The number of carboxylic acid groups (broad SMARTS) is 2. The van der Waals surface area contributed by atoms with Gasteiger partial charge in [-0.2, -0.15) is 0 Å². The van der Waals surface area contributed by atoms with Gasteiger partial charge in [-0.1, -0.05) is 5.92 Å². The molecule has 1 atom stereocenters. The third kappa shape index (κ3) is 6.59. The summed E-state index contributed by atoms with van der Waals surface area (Å²) in [4.78, 5) is 33.5. The molecule has 3 N–H and O–H groups in total. The van der Waals surface area contributed by atoms with Crippen LogP contribution in [0.15, 0.2) is 47.1 Å². The number of hydrogen-bond donors (Lipinski definition) is 3. The molecular weight excluding hydrogens is 354 g/mol. The van der Waals surface area contributed by atoms with Crippen LogP contribution in [0.1, 0.15) is 29.0 Å². The molecule has 2 rings (SSSR count). The second-order valence-corrected chi connectivity index (χ2v) is 5.36. The zero-order chi connectivity index (χ0) is 19.6. The largest absolute Gasteiger partial charge is 0.481 e. The first-order valence-corrected chi connectivity index (χ1v) is 7.97. The van der Waals surface area contributed by atoms with Crippen molar-refractivity contribution in [2.24, 2.45) is 0 Å². The Morgan fingerprint density at radius 2 is 1.89 bits per heavy atom. The molecule has 8 nitrogen and oxygen atoms in total. The second kappa shape index (κ2) is 9.68. The molecule has 0 aliphatic heterocycles. The van der Waals surface area contributed by atoms with E-state index in [0.29, 0.717) is 18.7 Å². The van der Waals surface area contributed by atoms with E-state index in [1.54, 1.807) is 30.5 Å². The zero-order valence-corrected chi connectivity index (χ0v) is 14.2. The Morgan fingerprint density at radius 1 is 1.15 bits per heavy atom. The van der Waals surface area contributed by atoms with Crippen molar-refractivity contribution in [2.45, 2.75) is 18.9 Å². The first kappa shape index (κ1) is 19.6. The summed E-state index contributed by atoms with van der Waals surface area (Å²) in [6.07, 6.45) is -0.407. The molecule has 0 aliphatic carbocycles. The lowest BCUT2D eigenvalue weighted by atomic mass is 10.2. The molecule has 0 saturated heterocycles. The van der Waals surface area contributed by atoms with Gasteiger partial charge in [0.1, 0.15) is 0 Å². The molecule has 1 heterocycles. The highest BCUT2D eigenvalue weighted by atomic mass is 16.6.